The summed E-state index contributed by atoms with van der Waals surface area (Å²) in [5.74, 6) is -0.0293. The Morgan fingerprint density at radius 2 is 2.06 bits per heavy atom. The van der Waals surface area contributed by atoms with Crippen molar-refractivity contribution in [3.63, 3.8) is 0 Å². The molecular weight excluding hydrogens is 224 g/mol. The van der Waals surface area contributed by atoms with E-state index in [4.69, 9.17) is 14.6 Å². The van der Waals surface area contributed by atoms with Gasteiger partial charge >= 0.3 is 0 Å². The molecule has 0 bridgehead atoms. The molecule has 1 unspecified atom stereocenters. The predicted molar refractivity (Wildman–Crippen MR) is 64.9 cm³/mol. The van der Waals surface area contributed by atoms with E-state index < -0.39 is 0 Å². The van der Waals surface area contributed by atoms with Crippen molar-refractivity contribution in [3.05, 3.63) is 0 Å². The molecule has 0 rings (SSSR count). The van der Waals surface area contributed by atoms with Crippen molar-refractivity contribution in [1.82, 2.24) is 10.6 Å². The van der Waals surface area contributed by atoms with Gasteiger partial charge in [-0.1, -0.05) is 0 Å². The number of aliphatic hydroxyl groups excluding tert-OH is 1. The molecule has 0 aliphatic rings. The van der Waals surface area contributed by atoms with Crippen LogP contribution >= 0.6 is 0 Å². The summed E-state index contributed by atoms with van der Waals surface area (Å²) in [6.07, 6.45) is 0.815. The van der Waals surface area contributed by atoms with Crippen LogP contribution in [0, 0.1) is 0 Å². The highest BCUT2D eigenvalue weighted by atomic mass is 16.5. The van der Waals surface area contributed by atoms with Crippen molar-refractivity contribution in [1.29, 1.82) is 0 Å². The van der Waals surface area contributed by atoms with Crippen LogP contribution < -0.4 is 10.6 Å². The number of aliphatic hydroxyl groups is 1. The number of nitrogens with one attached hydrogen (secondary N) is 2. The van der Waals surface area contributed by atoms with Gasteiger partial charge in [0.25, 0.3) is 0 Å². The van der Waals surface area contributed by atoms with Gasteiger partial charge in [0.05, 0.1) is 25.9 Å². The van der Waals surface area contributed by atoms with Crippen molar-refractivity contribution < 1.29 is 19.4 Å². The molecule has 0 aliphatic carbocycles. The first kappa shape index (κ1) is 16.3. The SMILES string of the molecule is COCCNC(=O)C(C)NCCCOCCO. The summed E-state index contributed by atoms with van der Waals surface area (Å²) >= 11 is 0. The van der Waals surface area contributed by atoms with Crippen LogP contribution in [0.2, 0.25) is 0 Å². The quantitative estimate of drug-likeness (QED) is 0.414. The maximum absolute atomic E-state index is 11.5. The fraction of sp³-hybridized carbons (Fsp3) is 0.909. The lowest BCUT2D eigenvalue weighted by Crippen LogP contribution is -2.43. The van der Waals surface area contributed by atoms with Crippen molar-refractivity contribution in [2.45, 2.75) is 19.4 Å². The van der Waals surface area contributed by atoms with Gasteiger partial charge in [0.15, 0.2) is 0 Å². The summed E-state index contributed by atoms with van der Waals surface area (Å²) < 4.78 is 9.93. The second-order valence-corrected chi connectivity index (χ2v) is 3.65. The normalized spacial score (nSPS) is 12.4. The molecule has 0 aromatic carbocycles. The lowest BCUT2D eigenvalue weighted by molar-refractivity contribution is -0.122. The van der Waals surface area contributed by atoms with Crippen LogP contribution in [0.25, 0.3) is 0 Å². The molecule has 0 aromatic heterocycles. The summed E-state index contributed by atoms with van der Waals surface area (Å²) in [5, 5.41) is 14.3. The Morgan fingerprint density at radius 3 is 2.71 bits per heavy atom. The summed E-state index contributed by atoms with van der Waals surface area (Å²) in [6, 6.07) is -0.218. The second-order valence-electron chi connectivity index (χ2n) is 3.65. The Hall–Kier alpha value is -0.690. The number of carbonyl (C=O) groups is 1. The minimum Gasteiger partial charge on any atom is -0.394 e. The Kier molecular flexibility index (Phi) is 11.3. The van der Waals surface area contributed by atoms with Gasteiger partial charge in [-0.05, 0) is 19.9 Å². The summed E-state index contributed by atoms with van der Waals surface area (Å²) in [6.45, 7) is 4.58. The fourth-order valence-corrected chi connectivity index (χ4v) is 1.18. The average Bonchev–Trinajstić information content (AvgIpc) is 2.33. The largest absolute Gasteiger partial charge is 0.394 e. The number of hydrogen-bond acceptors (Lipinski definition) is 5. The first-order valence-corrected chi connectivity index (χ1v) is 5.91. The van der Waals surface area contributed by atoms with Crippen LogP contribution in [-0.2, 0) is 14.3 Å². The first-order chi connectivity index (χ1) is 8.22. The zero-order valence-electron chi connectivity index (χ0n) is 10.7. The van der Waals surface area contributed by atoms with Crippen LogP contribution in [0.3, 0.4) is 0 Å². The van der Waals surface area contributed by atoms with Gasteiger partial charge in [0.2, 0.25) is 5.91 Å². The summed E-state index contributed by atoms with van der Waals surface area (Å²) in [5.41, 5.74) is 0. The molecule has 0 heterocycles. The minimum atomic E-state index is -0.218. The molecule has 0 aromatic rings. The van der Waals surface area contributed by atoms with E-state index in [2.05, 4.69) is 10.6 Å². The molecule has 0 saturated carbocycles. The zero-order chi connectivity index (χ0) is 12.9. The molecule has 0 spiro atoms. The maximum Gasteiger partial charge on any atom is 0.236 e. The second kappa shape index (κ2) is 11.8. The first-order valence-electron chi connectivity index (χ1n) is 5.91. The molecule has 102 valence electrons. The predicted octanol–water partition coefficient (Wildman–Crippen LogP) is -0.874. The van der Waals surface area contributed by atoms with Crippen LogP contribution in [0.15, 0.2) is 0 Å². The van der Waals surface area contributed by atoms with Gasteiger partial charge in [-0.15, -0.1) is 0 Å². The maximum atomic E-state index is 11.5. The molecule has 0 aliphatic heterocycles. The standard InChI is InChI=1S/C11H24N2O4/c1-10(11(15)13-5-8-16-2)12-4-3-7-17-9-6-14/h10,12,14H,3-9H2,1-2H3,(H,13,15). The molecular formula is C11H24N2O4. The lowest BCUT2D eigenvalue weighted by atomic mass is 10.3. The highest BCUT2D eigenvalue weighted by Crippen LogP contribution is 1.85. The third-order valence-corrected chi connectivity index (χ3v) is 2.15. The van der Waals surface area contributed by atoms with Crippen LogP contribution in [0.1, 0.15) is 13.3 Å². The van der Waals surface area contributed by atoms with Crippen molar-refractivity contribution >= 4 is 5.91 Å². The molecule has 17 heavy (non-hydrogen) atoms. The third kappa shape index (κ3) is 10.2. The Balaban J connectivity index is 3.37. The number of ether oxygens (including phenoxy) is 2. The fourth-order valence-electron chi connectivity index (χ4n) is 1.18. The number of amides is 1. The van der Waals surface area contributed by atoms with Crippen molar-refractivity contribution in [2.75, 3.05) is 46.6 Å². The van der Waals surface area contributed by atoms with Gasteiger partial charge < -0.3 is 25.2 Å². The average molecular weight is 248 g/mol. The van der Waals surface area contributed by atoms with Gasteiger partial charge in [0.1, 0.15) is 0 Å². The van der Waals surface area contributed by atoms with E-state index in [0.717, 1.165) is 6.42 Å². The molecule has 0 saturated heterocycles. The molecule has 0 radical (unpaired) electrons. The van der Waals surface area contributed by atoms with Crippen molar-refractivity contribution in [3.8, 4) is 0 Å². The highest BCUT2D eigenvalue weighted by Gasteiger charge is 2.10. The molecule has 1 amide bonds. The topological polar surface area (TPSA) is 79.8 Å². The summed E-state index contributed by atoms with van der Waals surface area (Å²) in [4.78, 5) is 11.5. The van der Waals surface area contributed by atoms with E-state index in [1.54, 1.807) is 7.11 Å². The smallest absolute Gasteiger partial charge is 0.236 e. The van der Waals surface area contributed by atoms with Gasteiger partial charge in [-0.2, -0.15) is 0 Å². The number of methoxy groups -OCH3 is 1. The van der Waals surface area contributed by atoms with Gasteiger partial charge in [-0.25, -0.2) is 0 Å². The molecule has 1 atom stereocenters. The van der Waals surface area contributed by atoms with Gasteiger partial charge in [0, 0.05) is 20.3 Å². The minimum absolute atomic E-state index is 0.0293. The number of hydrogen-bond donors (Lipinski definition) is 3. The van der Waals surface area contributed by atoms with Crippen LogP contribution in [0.5, 0.6) is 0 Å². The molecule has 3 N–H and O–H groups in total. The molecule has 6 nitrogen and oxygen atoms in total. The van der Waals surface area contributed by atoms with Crippen LogP contribution in [-0.4, -0.2) is 63.7 Å². The monoisotopic (exact) mass is 248 g/mol. The van der Waals surface area contributed by atoms with Crippen molar-refractivity contribution in [2.24, 2.45) is 0 Å². The van der Waals surface area contributed by atoms with E-state index in [-0.39, 0.29) is 18.6 Å². The Labute approximate surface area is 103 Å². The summed E-state index contributed by atoms with van der Waals surface area (Å²) in [7, 11) is 1.60. The molecule has 0 fully saturated rings. The zero-order valence-corrected chi connectivity index (χ0v) is 10.7. The van der Waals surface area contributed by atoms with E-state index in [1.807, 2.05) is 6.92 Å². The Bertz CT molecular complexity index is 190. The van der Waals surface area contributed by atoms with E-state index in [9.17, 15) is 4.79 Å². The van der Waals surface area contributed by atoms with Crippen LogP contribution in [0.4, 0.5) is 0 Å². The number of rotatable bonds is 11. The molecule has 6 heteroatoms. The number of carbonyl (C=O) groups excluding carboxylic acids is 1. The third-order valence-electron chi connectivity index (χ3n) is 2.15. The van der Waals surface area contributed by atoms with E-state index >= 15 is 0 Å². The van der Waals surface area contributed by atoms with E-state index in [1.165, 1.54) is 0 Å². The van der Waals surface area contributed by atoms with E-state index in [0.29, 0.717) is 32.9 Å². The highest BCUT2D eigenvalue weighted by molar-refractivity contribution is 5.81. The lowest BCUT2D eigenvalue weighted by Gasteiger charge is -2.13. The Morgan fingerprint density at radius 1 is 1.29 bits per heavy atom. The van der Waals surface area contributed by atoms with Gasteiger partial charge in [-0.3, -0.25) is 4.79 Å².